The molecule has 1 aliphatic carbocycles. The Hall–Kier alpha value is 0.300. The highest BCUT2D eigenvalue weighted by atomic mass is 35.6. The summed E-state index contributed by atoms with van der Waals surface area (Å²) in [7, 11) is 0. The molecule has 0 aromatic carbocycles. The summed E-state index contributed by atoms with van der Waals surface area (Å²) in [6, 6.07) is 0. The van der Waals surface area contributed by atoms with E-state index in [4.69, 9.17) is 39.9 Å². The van der Waals surface area contributed by atoms with Crippen molar-refractivity contribution in [3.8, 4) is 0 Å². The third-order valence-electron chi connectivity index (χ3n) is 2.85. The molecule has 3 nitrogen and oxygen atoms in total. The predicted octanol–water partition coefficient (Wildman–Crippen LogP) is 2.07. The van der Waals surface area contributed by atoms with Gasteiger partial charge in [-0.1, -0.05) is 48.7 Å². The van der Waals surface area contributed by atoms with E-state index in [1.807, 2.05) is 0 Å². The number of aliphatic hydroxyl groups is 1. The minimum atomic E-state index is -1.83. The maximum atomic E-state index is 10.8. The molecule has 0 amide bonds. The van der Waals surface area contributed by atoms with E-state index in [0.717, 1.165) is 0 Å². The standard InChI is InChI=1S/C8H11Cl3O3/c1-7(2)3(4(7)6(13)14)5(12)8(9,10)11/h3-5,12H,1-2H3,(H,13,14). The van der Waals surface area contributed by atoms with Crippen LogP contribution in [0.5, 0.6) is 0 Å². The molecule has 3 unspecified atom stereocenters. The normalized spacial score (nSPS) is 32.4. The summed E-state index contributed by atoms with van der Waals surface area (Å²) in [5, 5.41) is 18.5. The zero-order valence-electron chi connectivity index (χ0n) is 7.67. The van der Waals surface area contributed by atoms with Gasteiger partial charge in [0.05, 0.1) is 5.92 Å². The van der Waals surface area contributed by atoms with Crippen molar-refractivity contribution in [2.24, 2.45) is 17.3 Å². The minimum absolute atomic E-state index is 0.507. The molecule has 1 aliphatic rings. The van der Waals surface area contributed by atoms with Gasteiger partial charge in [-0.15, -0.1) is 0 Å². The van der Waals surface area contributed by atoms with Crippen LogP contribution in [0.25, 0.3) is 0 Å². The summed E-state index contributed by atoms with van der Waals surface area (Å²) in [6.45, 7) is 3.46. The van der Waals surface area contributed by atoms with Crippen molar-refractivity contribution in [1.29, 1.82) is 0 Å². The number of carbonyl (C=O) groups is 1. The van der Waals surface area contributed by atoms with Crippen molar-refractivity contribution in [2.45, 2.75) is 23.7 Å². The summed E-state index contributed by atoms with van der Waals surface area (Å²) in [6.07, 6.45) is -1.25. The molecule has 1 fully saturated rings. The molecule has 1 saturated carbocycles. The third-order valence-corrected chi connectivity index (χ3v) is 3.52. The molecule has 0 aromatic heterocycles. The first-order valence-electron chi connectivity index (χ1n) is 4.07. The van der Waals surface area contributed by atoms with Crippen molar-refractivity contribution >= 4 is 40.8 Å². The van der Waals surface area contributed by atoms with Gasteiger partial charge in [0.25, 0.3) is 0 Å². The number of rotatable bonds is 2. The van der Waals surface area contributed by atoms with E-state index in [0.29, 0.717) is 0 Å². The highest BCUT2D eigenvalue weighted by molar-refractivity contribution is 6.68. The summed E-state index contributed by atoms with van der Waals surface area (Å²) in [5.41, 5.74) is -0.519. The van der Waals surface area contributed by atoms with Crippen LogP contribution in [0.4, 0.5) is 0 Å². The number of aliphatic hydroxyl groups excluding tert-OH is 1. The van der Waals surface area contributed by atoms with Gasteiger partial charge in [-0.05, 0) is 5.41 Å². The maximum Gasteiger partial charge on any atom is 0.307 e. The Labute approximate surface area is 96.9 Å². The van der Waals surface area contributed by atoms with Crippen LogP contribution in [0.2, 0.25) is 0 Å². The highest BCUT2D eigenvalue weighted by Gasteiger charge is 2.67. The molecule has 0 radical (unpaired) electrons. The lowest BCUT2D eigenvalue weighted by Gasteiger charge is -2.19. The van der Waals surface area contributed by atoms with E-state index in [9.17, 15) is 9.90 Å². The topological polar surface area (TPSA) is 57.5 Å². The van der Waals surface area contributed by atoms with E-state index < -0.39 is 33.1 Å². The van der Waals surface area contributed by atoms with Crippen LogP contribution < -0.4 is 0 Å². The number of hydrogen-bond donors (Lipinski definition) is 2. The van der Waals surface area contributed by atoms with Crippen molar-refractivity contribution in [2.75, 3.05) is 0 Å². The fraction of sp³-hybridized carbons (Fsp3) is 0.875. The van der Waals surface area contributed by atoms with Gasteiger partial charge in [-0.25, -0.2) is 0 Å². The van der Waals surface area contributed by atoms with Gasteiger partial charge in [0.15, 0.2) is 0 Å². The van der Waals surface area contributed by atoms with Crippen molar-refractivity contribution < 1.29 is 15.0 Å². The van der Waals surface area contributed by atoms with E-state index >= 15 is 0 Å². The van der Waals surface area contributed by atoms with Crippen LogP contribution >= 0.6 is 34.8 Å². The fourth-order valence-corrected chi connectivity index (χ4v) is 2.35. The van der Waals surface area contributed by atoms with E-state index in [1.165, 1.54) is 0 Å². The number of carboxylic acid groups (broad SMARTS) is 1. The predicted molar refractivity (Wildman–Crippen MR) is 54.7 cm³/mol. The number of halogens is 3. The van der Waals surface area contributed by atoms with Gasteiger partial charge in [0.2, 0.25) is 3.79 Å². The second kappa shape index (κ2) is 3.41. The van der Waals surface area contributed by atoms with Gasteiger partial charge < -0.3 is 10.2 Å². The lowest BCUT2D eigenvalue weighted by molar-refractivity contribution is -0.139. The molecule has 0 aromatic rings. The van der Waals surface area contributed by atoms with E-state index in [1.54, 1.807) is 13.8 Å². The van der Waals surface area contributed by atoms with Crippen LogP contribution in [0.15, 0.2) is 0 Å². The average molecular weight is 262 g/mol. The molecule has 0 aliphatic heterocycles. The highest BCUT2D eigenvalue weighted by Crippen LogP contribution is 2.62. The van der Waals surface area contributed by atoms with Crippen LogP contribution in [0, 0.1) is 17.3 Å². The Kier molecular flexibility index (Phi) is 3.01. The Bertz CT molecular complexity index is 259. The second-order valence-corrected chi connectivity index (χ2v) is 6.52. The Morgan fingerprint density at radius 2 is 1.86 bits per heavy atom. The maximum absolute atomic E-state index is 10.8. The Morgan fingerprint density at radius 3 is 2.07 bits per heavy atom. The first-order chi connectivity index (χ1) is 6.10. The second-order valence-electron chi connectivity index (χ2n) is 4.15. The lowest BCUT2D eigenvalue weighted by atomic mass is 10.1. The Morgan fingerprint density at radius 1 is 1.43 bits per heavy atom. The molecular formula is C8H11Cl3O3. The monoisotopic (exact) mass is 260 g/mol. The van der Waals surface area contributed by atoms with Gasteiger partial charge >= 0.3 is 5.97 Å². The minimum Gasteiger partial charge on any atom is -0.481 e. The van der Waals surface area contributed by atoms with Crippen molar-refractivity contribution in [3.05, 3.63) is 0 Å². The van der Waals surface area contributed by atoms with E-state index in [-0.39, 0.29) is 0 Å². The van der Waals surface area contributed by atoms with Gasteiger partial charge in [0.1, 0.15) is 6.10 Å². The quantitative estimate of drug-likeness (QED) is 0.748. The fourth-order valence-electron chi connectivity index (χ4n) is 1.94. The number of hydrogen-bond acceptors (Lipinski definition) is 2. The summed E-state index contributed by atoms with van der Waals surface area (Å²) in [5.74, 6) is -2.12. The number of aliphatic carboxylic acids is 1. The Balaban J connectivity index is 2.79. The average Bonchev–Trinajstić information content (AvgIpc) is 2.49. The summed E-state index contributed by atoms with van der Waals surface area (Å²) in [4.78, 5) is 10.8. The SMILES string of the molecule is CC1(C)C(C(=O)O)C1C(O)C(Cl)(Cl)Cl. The molecule has 0 spiro atoms. The molecular weight excluding hydrogens is 250 g/mol. The van der Waals surface area contributed by atoms with Crippen LogP contribution in [-0.4, -0.2) is 26.1 Å². The van der Waals surface area contributed by atoms with Gasteiger partial charge in [-0.2, -0.15) is 0 Å². The molecule has 14 heavy (non-hydrogen) atoms. The van der Waals surface area contributed by atoms with Crippen LogP contribution in [-0.2, 0) is 4.79 Å². The zero-order chi connectivity index (χ0) is 11.3. The van der Waals surface area contributed by atoms with Crippen LogP contribution in [0.1, 0.15) is 13.8 Å². The number of alkyl halides is 3. The first-order valence-corrected chi connectivity index (χ1v) is 5.21. The molecule has 0 bridgehead atoms. The van der Waals surface area contributed by atoms with Gasteiger partial charge in [-0.3, -0.25) is 4.79 Å². The smallest absolute Gasteiger partial charge is 0.307 e. The van der Waals surface area contributed by atoms with Crippen molar-refractivity contribution in [3.63, 3.8) is 0 Å². The molecule has 3 atom stereocenters. The molecule has 6 heteroatoms. The molecule has 0 heterocycles. The molecule has 0 saturated heterocycles. The largest absolute Gasteiger partial charge is 0.481 e. The van der Waals surface area contributed by atoms with Gasteiger partial charge in [0, 0.05) is 5.92 Å². The summed E-state index contributed by atoms with van der Waals surface area (Å²) >= 11 is 16.5. The first kappa shape index (κ1) is 12.4. The third kappa shape index (κ3) is 1.96. The molecule has 82 valence electrons. The lowest BCUT2D eigenvalue weighted by Crippen LogP contribution is -2.29. The number of carboxylic acids is 1. The molecule has 2 N–H and O–H groups in total. The molecule has 1 rings (SSSR count). The van der Waals surface area contributed by atoms with Crippen molar-refractivity contribution in [1.82, 2.24) is 0 Å². The van der Waals surface area contributed by atoms with Crippen LogP contribution in [0.3, 0.4) is 0 Å². The zero-order valence-corrected chi connectivity index (χ0v) is 9.94. The summed E-state index contributed by atoms with van der Waals surface area (Å²) < 4.78 is -1.83. The van der Waals surface area contributed by atoms with E-state index in [2.05, 4.69) is 0 Å².